The van der Waals surface area contributed by atoms with E-state index in [1.807, 2.05) is 13.8 Å². The molecule has 2 amide bonds. The van der Waals surface area contributed by atoms with E-state index in [1.165, 1.54) is 12.1 Å². The first-order valence-corrected chi connectivity index (χ1v) is 7.07. The number of nitrogens with zero attached hydrogens (tertiary/aromatic N) is 1. The molecule has 1 aromatic carbocycles. The smallest absolute Gasteiger partial charge is 0.270 e. The van der Waals surface area contributed by atoms with E-state index >= 15 is 0 Å². The van der Waals surface area contributed by atoms with Crippen molar-refractivity contribution in [3.05, 3.63) is 38.3 Å². The average molecular weight is 358 g/mol. The SMILES string of the molecule is CC(C)NC(=O)C(C)NC(=O)c1cc([N+](=O)[O-])ccc1Br. The van der Waals surface area contributed by atoms with Gasteiger partial charge in [-0.1, -0.05) is 0 Å². The Bertz CT molecular complexity index is 575. The van der Waals surface area contributed by atoms with Crippen molar-refractivity contribution in [3.63, 3.8) is 0 Å². The average Bonchev–Trinajstić information content (AvgIpc) is 2.37. The Kier molecular flexibility index (Phi) is 5.83. The molecular weight excluding hydrogens is 342 g/mol. The molecule has 0 saturated carbocycles. The molecule has 8 heteroatoms. The number of halogens is 1. The Balaban J connectivity index is 2.87. The normalized spacial score (nSPS) is 11.9. The van der Waals surface area contributed by atoms with Crippen LogP contribution < -0.4 is 10.6 Å². The second-order valence-corrected chi connectivity index (χ2v) is 5.63. The Morgan fingerprint density at radius 3 is 2.38 bits per heavy atom. The number of nitro groups is 1. The maximum Gasteiger partial charge on any atom is 0.270 e. The van der Waals surface area contributed by atoms with Crippen molar-refractivity contribution >= 4 is 33.4 Å². The lowest BCUT2D eigenvalue weighted by atomic mass is 10.1. The third kappa shape index (κ3) is 4.82. The molecule has 2 N–H and O–H groups in total. The van der Waals surface area contributed by atoms with Gasteiger partial charge in [-0.2, -0.15) is 0 Å². The van der Waals surface area contributed by atoms with E-state index in [9.17, 15) is 19.7 Å². The molecule has 1 rings (SSSR count). The molecule has 0 aromatic heterocycles. The summed E-state index contributed by atoms with van der Waals surface area (Å²) in [6, 6.07) is 3.08. The lowest BCUT2D eigenvalue weighted by molar-refractivity contribution is -0.384. The fraction of sp³-hybridized carbons (Fsp3) is 0.385. The maximum atomic E-state index is 12.1. The van der Waals surface area contributed by atoms with Crippen molar-refractivity contribution in [1.82, 2.24) is 10.6 Å². The van der Waals surface area contributed by atoms with Crippen molar-refractivity contribution in [2.24, 2.45) is 0 Å². The molecule has 0 heterocycles. The van der Waals surface area contributed by atoms with Crippen LogP contribution in [0.15, 0.2) is 22.7 Å². The molecule has 0 saturated heterocycles. The summed E-state index contributed by atoms with van der Waals surface area (Å²) in [7, 11) is 0. The van der Waals surface area contributed by atoms with Crippen molar-refractivity contribution in [2.75, 3.05) is 0 Å². The topological polar surface area (TPSA) is 101 Å². The van der Waals surface area contributed by atoms with Crippen LogP contribution in [0.4, 0.5) is 5.69 Å². The summed E-state index contributed by atoms with van der Waals surface area (Å²) in [5, 5.41) is 15.9. The maximum absolute atomic E-state index is 12.1. The van der Waals surface area contributed by atoms with Gasteiger partial charge < -0.3 is 10.6 Å². The summed E-state index contributed by atoms with van der Waals surface area (Å²) in [6.45, 7) is 5.16. The quantitative estimate of drug-likeness (QED) is 0.621. The van der Waals surface area contributed by atoms with E-state index in [4.69, 9.17) is 0 Å². The molecule has 1 unspecified atom stereocenters. The first kappa shape index (κ1) is 17.1. The van der Waals surface area contributed by atoms with Crippen LogP contribution >= 0.6 is 15.9 Å². The zero-order chi connectivity index (χ0) is 16.2. The molecule has 0 aliphatic carbocycles. The minimum absolute atomic E-state index is 0.0404. The molecular formula is C13H16BrN3O4. The number of nitrogens with one attached hydrogen (secondary N) is 2. The molecule has 1 atom stereocenters. The number of hydrogen-bond donors (Lipinski definition) is 2. The summed E-state index contributed by atoms with van der Waals surface area (Å²) in [6.07, 6.45) is 0. The predicted octanol–water partition coefficient (Wildman–Crippen LogP) is 2.00. The molecule has 0 spiro atoms. The Morgan fingerprint density at radius 1 is 1.24 bits per heavy atom. The van der Waals surface area contributed by atoms with Crippen LogP contribution in [-0.4, -0.2) is 28.8 Å². The van der Waals surface area contributed by atoms with E-state index in [0.29, 0.717) is 4.47 Å². The largest absolute Gasteiger partial charge is 0.352 e. The third-order valence-corrected chi connectivity index (χ3v) is 3.27. The lowest BCUT2D eigenvalue weighted by Gasteiger charge is -2.16. The highest BCUT2D eigenvalue weighted by molar-refractivity contribution is 9.10. The number of non-ortho nitro benzene ring substituents is 1. The molecule has 0 aliphatic rings. The molecule has 0 aliphatic heterocycles. The van der Waals surface area contributed by atoms with Gasteiger partial charge in [0.05, 0.1) is 10.5 Å². The van der Waals surface area contributed by atoms with Crippen molar-refractivity contribution in [2.45, 2.75) is 32.9 Å². The predicted molar refractivity (Wildman–Crippen MR) is 81.0 cm³/mol. The number of carbonyl (C=O) groups is 2. The highest BCUT2D eigenvalue weighted by Crippen LogP contribution is 2.22. The van der Waals surface area contributed by atoms with Crippen LogP contribution in [0.3, 0.4) is 0 Å². The molecule has 0 radical (unpaired) electrons. The summed E-state index contributed by atoms with van der Waals surface area (Å²) < 4.78 is 0.419. The van der Waals surface area contributed by atoms with Crippen LogP contribution in [0, 0.1) is 10.1 Å². The molecule has 0 bridgehead atoms. The zero-order valence-corrected chi connectivity index (χ0v) is 13.4. The first-order valence-electron chi connectivity index (χ1n) is 6.27. The second kappa shape index (κ2) is 7.16. The summed E-state index contributed by atoms with van der Waals surface area (Å²) in [5.41, 5.74) is -0.0870. The van der Waals surface area contributed by atoms with E-state index < -0.39 is 16.9 Å². The Labute approximate surface area is 130 Å². The number of benzene rings is 1. The van der Waals surface area contributed by atoms with Crippen LogP contribution in [-0.2, 0) is 4.79 Å². The number of amides is 2. The van der Waals surface area contributed by atoms with Gasteiger partial charge in [-0.3, -0.25) is 19.7 Å². The summed E-state index contributed by atoms with van der Waals surface area (Å²) >= 11 is 3.16. The summed E-state index contributed by atoms with van der Waals surface area (Å²) in [5.74, 6) is -0.878. The second-order valence-electron chi connectivity index (χ2n) is 4.78. The molecule has 21 heavy (non-hydrogen) atoms. The molecule has 114 valence electrons. The fourth-order valence-corrected chi connectivity index (χ4v) is 1.98. The number of nitro benzene ring substituents is 1. The highest BCUT2D eigenvalue weighted by Gasteiger charge is 2.20. The van der Waals surface area contributed by atoms with Gasteiger partial charge in [0.25, 0.3) is 11.6 Å². The van der Waals surface area contributed by atoms with Gasteiger partial charge in [-0.25, -0.2) is 0 Å². The third-order valence-electron chi connectivity index (χ3n) is 2.58. The van der Waals surface area contributed by atoms with Crippen LogP contribution in [0.1, 0.15) is 31.1 Å². The highest BCUT2D eigenvalue weighted by atomic mass is 79.9. The lowest BCUT2D eigenvalue weighted by Crippen LogP contribution is -2.46. The molecule has 0 fully saturated rings. The zero-order valence-electron chi connectivity index (χ0n) is 11.8. The molecule has 7 nitrogen and oxygen atoms in total. The van der Waals surface area contributed by atoms with Gasteiger partial charge in [-0.05, 0) is 42.8 Å². The number of rotatable bonds is 5. The Morgan fingerprint density at radius 2 is 1.86 bits per heavy atom. The minimum atomic E-state index is -0.744. The van der Waals surface area contributed by atoms with Gasteiger partial charge in [-0.15, -0.1) is 0 Å². The molecule has 1 aromatic rings. The Hall–Kier alpha value is -1.96. The van der Waals surface area contributed by atoms with Crippen molar-refractivity contribution in [3.8, 4) is 0 Å². The van der Waals surface area contributed by atoms with E-state index in [1.54, 1.807) is 6.92 Å². The van der Waals surface area contributed by atoms with Gasteiger partial charge in [0.2, 0.25) is 5.91 Å². The summed E-state index contributed by atoms with van der Waals surface area (Å²) in [4.78, 5) is 34.0. The van der Waals surface area contributed by atoms with E-state index in [-0.39, 0.29) is 23.2 Å². The monoisotopic (exact) mass is 357 g/mol. The van der Waals surface area contributed by atoms with Gasteiger partial charge in [0.15, 0.2) is 0 Å². The van der Waals surface area contributed by atoms with Gasteiger partial charge >= 0.3 is 0 Å². The van der Waals surface area contributed by atoms with E-state index in [0.717, 1.165) is 6.07 Å². The van der Waals surface area contributed by atoms with E-state index in [2.05, 4.69) is 26.6 Å². The number of carbonyl (C=O) groups excluding carboxylic acids is 2. The first-order chi connectivity index (χ1) is 9.72. The van der Waals surface area contributed by atoms with Crippen molar-refractivity contribution < 1.29 is 14.5 Å². The van der Waals surface area contributed by atoms with Crippen molar-refractivity contribution in [1.29, 1.82) is 0 Å². The standard InChI is InChI=1S/C13H16BrN3O4/c1-7(2)15-12(18)8(3)16-13(19)10-6-9(17(20)21)4-5-11(10)14/h4-8H,1-3H3,(H,15,18)(H,16,19). The fourth-order valence-electron chi connectivity index (χ4n) is 1.55. The van der Waals surface area contributed by atoms with Crippen LogP contribution in [0.2, 0.25) is 0 Å². The number of hydrogen-bond acceptors (Lipinski definition) is 4. The van der Waals surface area contributed by atoms with Gasteiger partial charge in [0, 0.05) is 22.6 Å². The van der Waals surface area contributed by atoms with Crippen LogP contribution in [0.25, 0.3) is 0 Å². The minimum Gasteiger partial charge on any atom is -0.352 e. The van der Waals surface area contributed by atoms with Crippen LogP contribution in [0.5, 0.6) is 0 Å². The van der Waals surface area contributed by atoms with Gasteiger partial charge in [0.1, 0.15) is 6.04 Å².